The van der Waals surface area contributed by atoms with E-state index in [0.29, 0.717) is 17.5 Å². The van der Waals surface area contributed by atoms with Gasteiger partial charge in [0.15, 0.2) is 0 Å². The smallest absolute Gasteiger partial charge is 0.302 e. The molecule has 0 radical (unpaired) electrons. The molecule has 3 nitrogen and oxygen atoms in total. The monoisotopic (exact) mass is 525 g/mol. The maximum atomic E-state index is 11.8. The summed E-state index contributed by atoms with van der Waals surface area (Å²) in [7, 11) is 0. The summed E-state index contributed by atoms with van der Waals surface area (Å²) < 4.78 is 5.78. The fraction of sp³-hybridized carbons (Fsp3) is 0.914. The fourth-order valence-corrected chi connectivity index (χ4v) is 10.7. The van der Waals surface area contributed by atoms with Gasteiger partial charge < -0.3 is 10.1 Å². The van der Waals surface area contributed by atoms with Crippen LogP contribution in [-0.2, 0) is 9.53 Å². The van der Waals surface area contributed by atoms with Crippen LogP contribution in [-0.4, -0.2) is 24.2 Å². The molecule has 216 valence electrons. The minimum absolute atomic E-state index is 0.0788. The number of hydrogen-bond acceptors (Lipinski definition) is 3. The second-order valence-corrected chi connectivity index (χ2v) is 15.4. The third-order valence-electron chi connectivity index (χ3n) is 12.7. The van der Waals surface area contributed by atoms with Crippen LogP contribution in [0.1, 0.15) is 138 Å². The Kier molecular flexibility index (Phi) is 8.74. The molecule has 0 aliphatic heterocycles. The molecule has 1 N–H and O–H groups in total. The highest BCUT2D eigenvalue weighted by molar-refractivity contribution is 5.66. The van der Waals surface area contributed by atoms with Crippen LogP contribution in [0.4, 0.5) is 0 Å². The summed E-state index contributed by atoms with van der Waals surface area (Å²) in [5.41, 5.74) is 2.40. The van der Waals surface area contributed by atoms with Gasteiger partial charge in [-0.05, 0) is 97.7 Å². The van der Waals surface area contributed by atoms with Crippen LogP contribution in [0.15, 0.2) is 11.6 Å². The first-order chi connectivity index (χ1) is 18.1. The summed E-state index contributed by atoms with van der Waals surface area (Å²) >= 11 is 0. The Bertz CT molecular complexity index is 858. The Morgan fingerprint density at radius 1 is 0.974 bits per heavy atom. The lowest BCUT2D eigenvalue weighted by atomic mass is 9.46. The first-order valence-corrected chi connectivity index (χ1v) is 16.8. The van der Waals surface area contributed by atoms with Crippen molar-refractivity contribution < 1.29 is 9.53 Å². The van der Waals surface area contributed by atoms with Crippen LogP contribution in [0.25, 0.3) is 0 Å². The highest BCUT2D eigenvalue weighted by atomic mass is 16.5. The number of carbonyl (C=O) groups is 1. The molecule has 0 spiro atoms. The van der Waals surface area contributed by atoms with Crippen molar-refractivity contribution in [1.82, 2.24) is 5.32 Å². The average Bonchev–Trinajstić information content (AvgIpc) is 3.22. The molecule has 0 saturated heterocycles. The first-order valence-electron chi connectivity index (χ1n) is 16.8. The van der Waals surface area contributed by atoms with E-state index in [1.54, 1.807) is 12.5 Å². The lowest BCUT2D eigenvalue weighted by Gasteiger charge is -2.60. The largest absolute Gasteiger partial charge is 0.462 e. The lowest BCUT2D eigenvalue weighted by molar-refractivity contribution is -0.149. The van der Waals surface area contributed by atoms with Gasteiger partial charge in [0.2, 0.25) is 0 Å². The highest BCUT2D eigenvalue weighted by Crippen LogP contribution is 2.67. The molecule has 0 bridgehead atoms. The van der Waals surface area contributed by atoms with Crippen LogP contribution in [0.2, 0.25) is 0 Å². The minimum Gasteiger partial charge on any atom is -0.462 e. The Labute approximate surface area is 234 Å². The molecule has 0 aromatic heterocycles. The van der Waals surface area contributed by atoms with Gasteiger partial charge in [-0.2, -0.15) is 0 Å². The zero-order valence-electron chi connectivity index (χ0n) is 25.7. The lowest BCUT2D eigenvalue weighted by Crippen LogP contribution is -2.59. The van der Waals surface area contributed by atoms with E-state index >= 15 is 0 Å². The SMILES string of the molecule is CC(=O)O[C@H]1CC[C@@]2(C)C(=C[C@@H](NC3CCCCC3)[C@@H]3[C@H]4CC[C@@H]([C@H](C)CCCC(C)C)[C@@]4(C)CC[C@H]32)C1. The summed E-state index contributed by atoms with van der Waals surface area (Å²) in [5.74, 6) is 4.86. The van der Waals surface area contributed by atoms with E-state index in [2.05, 4.69) is 46.0 Å². The van der Waals surface area contributed by atoms with Crippen molar-refractivity contribution in [3.05, 3.63) is 11.6 Å². The highest BCUT2D eigenvalue weighted by Gasteiger charge is 2.61. The molecule has 0 amide bonds. The minimum atomic E-state index is -0.113. The van der Waals surface area contributed by atoms with E-state index in [-0.39, 0.29) is 17.5 Å². The number of rotatable bonds is 8. The molecular weight excluding hydrogens is 466 g/mol. The molecule has 38 heavy (non-hydrogen) atoms. The quantitative estimate of drug-likeness (QED) is 0.254. The molecule has 5 aliphatic carbocycles. The van der Waals surface area contributed by atoms with Crippen LogP contribution in [0.3, 0.4) is 0 Å². The second-order valence-electron chi connectivity index (χ2n) is 15.4. The summed E-state index contributed by atoms with van der Waals surface area (Å²) in [6, 6.07) is 1.19. The molecule has 0 aromatic rings. The van der Waals surface area contributed by atoms with Crippen LogP contribution in [0.5, 0.6) is 0 Å². The van der Waals surface area contributed by atoms with Gasteiger partial charge in [-0.1, -0.05) is 84.8 Å². The summed E-state index contributed by atoms with van der Waals surface area (Å²) in [4.78, 5) is 11.8. The number of nitrogens with one attached hydrogen (secondary N) is 1. The van der Waals surface area contributed by atoms with Gasteiger partial charge in [0.1, 0.15) is 6.10 Å². The van der Waals surface area contributed by atoms with Crippen LogP contribution in [0, 0.1) is 46.3 Å². The number of esters is 1. The normalized spacial score (nSPS) is 42.1. The number of ether oxygens (including phenoxy) is 1. The van der Waals surface area contributed by atoms with E-state index in [1.165, 1.54) is 83.5 Å². The molecule has 3 heteroatoms. The van der Waals surface area contributed by atoms with Crippen molar-refractivity contribution in [3.8, 4) is 0 Å². The number of fused-ring (bicyclic) bond motifs is 5. The summed E-state index contributed by atoms with van der Waals surface area (Å²) in [6.07, 6.45) is 22.8. The van der Waals surface area contributed by atoms with Crippen molar-refractivity contribution in [3.63, 3.8) is 0 Å². The summed E-state index contributed by atoms with van der Waals surface area (Å²) in [6.45, 7) is 14.3. The zero-order valence-corrected chi connectivity index (χ0v) is 25.7. The summed E-state index contributed by atoms with van der Waals surface area (Å²) in [5, 5.41) is 4.30. The molecular formula is C35H59NO2. The van der Waals surface area contributed by atoms with Gasteiger partial charge in [-0.15, -0.1) is 0 Å². The molecule has 0 unspecified atom stereocenters. The predicted molar refractivity (Wildman–Crippen MR) is 158 cm³/mol. The van der Waals surface area contributed by atoms with Gasteiger partial charge in [0.05, 0.1) is 0 Å². The van der Waals surface area contributed by atoms with Crippen molar-refractivity contribution >= 4 is 5.97 Å². The topological polar surface area (TPSA) is 38.3 Å². The van der Waals surface area contributed by atoms with E-state index in [9.17, 15) is 4.79 Å². The number of carbonyl (C=O) groups excluding carboxylic acids is 1. The van der Waals surface area contributed by atoms with Crippen LogP contribution >= 0.6 is 0 Å². The Morgan fingerprint density at radius 3 is 2.45 bits per heavy atom. The maximum Gasteiger partial charge on any atom is 0.302 e. The third kappa shape index (κ3) is 5.53. The van der Waals surface area contributed by atoms with Crippen LogP contribution < -0.4 is 5.32 Å². The average molecular weight is 526 g/mol. The van der Waals surface area contributed by atoms with E-state index in [1.807, 2.05) is 0 Å². The van der Waals surface area contributed by atoms with Gasteiger partial charge in [0, 0.05) is 25.4 Å². The number of hydrogen-bond donors (Lipinski definition) is 1. The van der Waals surface area contributed by atoms with Gasteiger partial charge >= 0.3 is 5.97 Å². The molecule has 0 aromatic carbocycles. The Morgan fingerprint density at radius 2 is 1.74 bits per heavy atom. The Hall–Kier alpha value is -0.830. The molecule has 5 aliphatic rings. The first kappa shape index (κ1) is 28.7. The molecule has 5 rings (SSSR count). The van der Waals surface area contributed by atoms with E-state index < -0.39 is 0 Å². The maximum absolute atomic E-state index is 11.8. The van der Waals surface area contributed by atoms with Crippen molar-refractivity contribution in [2.75, 3.05) is 0 Å². The Balaban J connectivity index is 1.41. The standard InChI is InChI=1S/C35H59NO2/c1-23(2)11-10-12-24(3)29-15-16-30-33-31(18-20-35(29,30)6)34(5)19-17-28(38-25(4)37)21-26(34)22-32(33)36-27-13-8-7-9-14-27/h22-24,27-33,36H,7-21H2,1-6H3/t24-,28+,29+,30-,31-,32-,33-,34+,35-/m1/s1. The van der Waals surface area contributed by atoms with Crippen molar-refractivity contribution in [1.29, 1.82) is 0 Å². The molecule has 0 heterocycles. The predicted octanol–water partition coefficient (Wildman–Crippen LogP) is 8.86. The molecule has 4 saturated carbocycles. The van der Waals surface area contributed by atoms with Gasteiger partial charge in [-0.3, -0.25) is 4.79 Å². The van der Waals surface area contributed by atoms with Crippen molar-refractivity contribution in [2.24, 2.45) is 46.3 Å². The third-order valence-corrected chi connectivity index (χ3v) is 12.7. The zero-order chi connectivity index (χ0) is 27.1. The van der Waals surface area contributed by atoms with Gasteiger partial charge in [0.25, 0.3) is 0 Å². The van der Waals surface area contributed by atoms with Gasteiger partial charge in [-0.25, -0.2) is 0 Å². The van der Waals surface area contributed by atoms with E-state index in [4.69, 9.17) is 4.74 Å². The fourth-order valence-electron chi connectivity index (χ4n) is 10.7. The molecule has 9 atom stereocenters. The van der Waals surface area contributed by atoms with E-state index in [0.717, 1.165) is 48.3 Å². The van der Waals surface area contributed by atoms with Crippen molar-refractivity contribution in [2.45, 2.75) is 156 Å². The second kappa shape index (κ2) is 11.6. The molecule has 4 fully saturated rings.